The zero-order valence-corrected chi connectivity index (χ0v) is 14.3. The minimum absolute atomic E-state index is 0.257. The standard InChI is InChI=1S/C19H18BrFO2/c20-16-10-15(8-9-18(22)14-6-7-14)19(11-17(16)21)23-12-13-4-2-1-3-5-13/h1-5,10-11,14H,6-9,12H2. The fourth-order valence-corrected chi connectivity index (χ4v) is 2.89. The highest BCUT2D eigenvalue weighted by atomic mass is 79.9. The molecule has 0 saturated heterocycles. The van der Waals surface area contributed by atoms with Crippen LogP contribution >= 0.6 is 15.9 Å². The molecular formula is C19H18BrFO2. The number of benzene rings is 2. The molecular weight excluding hydrogens is 359 g/mol. The maximum absolute atomic E-state index is 13.8. The zero-order valence-electron chi connectivity index (χ0n) is 12.7. The van der Waals surface area contributed by atoms with Crippen LogP contribution in [0, 0.1) is 11.7 Å². The highest BCUT2D eigenvalue weighted by Gasteiger charge is 2.29. The van der Waals surface area contributed by atoms with Gasteiger partial charge in [0.05, 0.1) is 4.47 Å². The third kappa shape index (κ3) is 4.41. The quantitative estimate of drug-likeness (QED) is 0.673. The molecule has 120 valence electrons. The first-order valence-electron chi connectivity index (χ1n) is 7.81. The molecule has 3 rings (SSSR count). The second-order valence-electron chi connectivity index (χ2n) is 5.89. The maximum atomic E-state index is 13.8. The molecule has 0 atom stereocenters. The Morgan fingerprint density at radius 1 is 1.22 bits per heavy atom. The highest BCUT2D eigenvalue weighted by molar-refractivity contribution is 9.10. The molecule has 0 N–H and O–H groups in total. The molecule has 0 bridgehead atoms. The van der Waals surface area contributed by atoms with Gasteiger partial charge in [-0.1, -0.05) is 30.3 Å². The summed E-state index contributed by atoms with van der Waals surface area (Å²) in [6, 6.07) is 12.9. The van der Waals surface area contributed by atoms with Gasteiger partial charge in [0.15, 0.2) is 0 Å². The predicted molar refractivity (Wildman–Crippen MR) is 90.9 cm³/mol. The molecule has 0 unspecified atom stereocenters. The Morgan fingerprint density at radius 2 is 1.96 bits per heavy atom. The Labute approximate surface area is 143 Å². The smallest absolute Gasteiger partial charge is 0.141 e. The van der Waals surface area contributed by atoms with Crippen LogP contribution in [0.25, 0.3) is 0 Å². The van der Waals surface area contributed by atoms with Crippen molar-refractivity contribution in [2.75, 3.05) is 0 Å². The molecule has 1 aliphatic carbocycles. The van der Waals surface area contributed by atoms with Crippen molar-refractivity contribution in [3.63, 3.8) is 0 Å². The first kappa shape index (κ1) is 16.2. The molecule has 0 radical (unpaired) electrons. The van der Waals surface area contributed by atoms with Crippen LogP contribution in [0.5, 0.6) is 5.75 Å². The van der Waals surface area contributed by atoms with E-state index in [0.717, 1.165) is 24.0 Å². The third-order valence-electron chi connectivity index (χ3n) is 4.01. The zero-order chi connectivity index (χ0) is 16.2. The van der Waals surface area contributed by atoms with Gasteiger partial charge in [0.25, 0.3) is 0 Å². The SMILES string of the molecule is O=C(CCc1cc(Br)c(F)cc1OCc1ccccc1)C1CC1. The van der Waals surface area contributed by atoms with Crippen molar-refractivity contribution in [2.45, 2.75) is 32.3 Å². The number of rotatable bonds is 7. The van der Waals surface area contributed by atoms with Gasteiger partial charge >= 0.3 is 0 Å². The van der Waals surface area contributed by atoms with E-state index in [4.69, 9.17) is 4.74 Å². The molecule has 0 aromatic heterocycles. The van der Waals surface area contributed by atoms with Crippen LogP contribution in [0.4, 0.5) is 4.39 Å². The lowest BCUT2D eigenvalue weighted by molar-refractivity contribution is -0.120. The monoisotopic (exact) mass is 376 g/mol. The van der Waals surface area contributed by atoms with E-state index in [2.05, 4.69) is 15.9 Å². The van der Waals surface area contributed by atoms with E-state index in [1.54, 1.807) is 6.07 Å². The molecule has 2 aromatic carbocycles. The van der Waals surface area contributed by atoms with Crippen LogP contribution in [-0.4, -0.2) is 5.78 Å². The molecule has 23 heavy (non-hydrogen) atoms. The molecule has 4 heteroatoms. The second kappa shape index (κ2) is 7.26. The summed E-state index contributed by atoms with van der Waals surface area (Å²) in [6.45, 7) is 0.380. The largest absolute Gasteiger partial charge is 0.489 e. The minimum atomic E-state index is -0.356. The highest BCUT2D eigenvalue weighted by Crippen LogP contribution is 2.33. The van der Waals surface area contributed by atoms with Gasteiger partial charge in [0, 0.05) is 18.4 Å². The van der Waals surface area contributed by atoms with Gasteiger partial charge in [-0.15, -0.1) is 0 Å². The molecule has 0 amide bonds. The molecule has 0 heterocycles. The summed E-state index contributed by atoms with van der Waals surface area (Å²) in [5.74, 6) is 0.718. The number of hydrogen-bond donors (Lipinski definition) is 0. The van der Waals surface area contributed by atoms with Crippen molar-refractivity contribution >= 4 is 21.7 Å². The van der Waals surface area contributed by atoms with Crippen LogP contribution in [-0.2, 0) is 17.8 Å². The summed E-state index contributed by atoms with van der Waals surface area (Å²) < 4.78 is 20.0. The number of hydrogen-bond acceptors (Lipinski definition) is 2. The lowest BCUT2D eigenvalue weighted by Crippen LogP contribution is -2.05. The van der Waals surface area contributed by atoms with Crippen LogP contribution in [0.15, 0.2) is 46.9 Å². The van der Waals surface area contributed by atoms with Crippen LogP contribution in [0.2, 0.25) is 0 Å². The average molecular weight is 377 g/mol. The fourth-order valence-electron chi connectivity index (χ4n) is 2.50. The first-order chi connectivity index (χ1) is 11.1. The van der Waals surface area contributed by atoms with Gasteiger partial charge in [-0.2, -0.15) is 0 Å². The number of Topliss-reactive ketones (excluding diaryl/α,β-unsaturated/α-hetero) is 1. The Bertz CT molecular complexity index is 696. The third-order valence-corrected chi connectivity index (χ3v) is 4.62. The summed E-state index contributed by atoms with van der Waals surface area (Å²) in [5, 5.41) is 0. The normalized spacial score (nSPS) is 13.8. The van der Waals surface area contributed by atoms with Gasteiger partial charge in [-0.25, -0.2) is 4.39 Å². The van der Waals surface area contributed by atoms with Crippen molar-refractivity contribution in [2.24, 2.45) is 5.92 Å². The summed E-state index contributed by atoms with van der Waals surface area (Å²) in [7, 11) is 0. The van der Waals surface area contributed by atoms with Crippen molar-refractivity contribution < 1.29 is 13.9 Å². The molecule has 0 spiro atoms. The topological polar surface area (TPSA) is 26.3 Å². The molecule has 1 saturated carbocycles. The Balaban J connectivity index is 1.71. The lowest BCUT2D eigenvalue weighted by atomic mass is 10.0. The van der Waals surface area contributed by atoms with Crippen molar-refractivity contribution in [3.8, 4) is 5.75 Å². The number of aryl methyl sites for hydroxylation is 1. The van der Waals surface area contributed by atoms with E-state index in [1.165, 1.54) is 6.07 Å². The average Bonchev–Trinajstić information content (AvgIpc) is 3.40. The second-order valence-corrected chi connectivity index (χ2v) is 6.74. The Kier molecular flexibility index (Phi) is 5.11. The van der Waals surface area contributed by atoms with Gasteiger partial charge in [-0.3, -0.25) is 4.79 Å². The molecule has 1 aliphatic rings. The van der Waals surface area contributed by atoms with E-state index in [1.807, 2.05) is 30.3 Å². The summed E-state index contributed by atoms with van der Waals surface area (Å²) in [5.41, 5.74) is 1.89. The summed E-state index contributed by atoms with van der Waals surface area (Å²) in [6.07, 6.45) is 3.11. The molecule has 0 aliphatic heterocycles. The van der Waals surface area contributed by atoms with Gasteiger partial charge in [0.2, 0.25) is 0 Å². The summed E-state index contributed by atoms with van der Waals surface area (Å²) in [4.78, 5) is 11.9. The van der Waals surface area contributed by atoms with Gasteiger partial charge < -0.3 is 4.74 Å². The Hall–Kier alpha value is -1.68. The molecule has 2 nitrogen and oxygen atoms in total. The van der Waals surface area contributed by atoms with Gasteiger partial charge in [0.1, 0.15) is 24.0 Å². The number of ether oxygens (including phenoxy) is 1. The maximum Gasteiger partial charge on any atom is 0.141 e. The summed E-state index contributed by atoms with van der Waals surface area (Å²) >= 11 is 3.21. The Morgan fingerprint density at radius 3 is 2.65 bits per heavy atom. The fraction of sp³-hybridized carbons (Fsp3) is 0.316. The van der Waals surface area contributed by atoms with E-state index in [9.17, 15) is 9.18 Å². The first-order valence-corrected chi connectivity index (χ1v) is 8.60. The van der Waals surface area contributed by atoms with Crippen molar-refractivity contribution in [1.82, 2.24) is 0 Å². The minimum Gasteiger partial charge on any atom is -0.489 e. The number of ketones is 1. The van der Waals surface area contributed by atoms with E-state index >= 15 is 0 Å². The van der Waals surface area contributed by atoms with Crippen LogP contribution in [0.1, 0.15) is 30.4 Å². The van der Waals surface area contributed by atoms with Crippen molar-refractivity contribution in [1.29, 1.82) is 0 Å². The number of carbonyl (C=O) groups is 1. The molecule has 2 aromatic rings. The number of carbonyl (C=O) groups excluding carboxylic acids is 1. The van der Waals surface area contributed by atoms with E-state index in [-0.39, 0.29) is 11.7 Å². The van der Waals surface area contributed by atoms with Gasteiger partial charge in [-0.05, 0) is 52.4 Å². The molecule has 1 fully saturated rings. The van der Waals surface area contributed by atoms with E-state index < -0.39 is 0 Å². The lowest BCUT2D eigenvalue weighted by Gasteiger charge is -2.13. The van der Waals surface area contributed by atoms with Crippen LogP contribution in [0.3, 0.4) is 0 Å². The predicted octanol–water partition coefficient (Wildman–Crippen LogP) is 5.08. The van der Waals surface area contributed by atoms with E-state index in [0.29, 0.717) is 35.5 Å². The number of halogens is 2. The van der Waals surface area contributed by atoms with Crippen LogP contribution < -0.4 is 4.74 Å². The van der Waals surface area contributed by atoms with Crippen molar-refractivity contribution in [3.05, 3.63) is 63.9 Å².